The normalized spacial score (nSPS) is 16.7. The highest BCUT2D eigenvalue weighted by Gasteiger charge is 2.35. The maximum atomic E-state index is 13.6. The Balaban J connectivity index is 1.77. The van der Waals surface area contributed by atoms with Crippen molar-refractivity contribution < 1.29 is 18.4 Å². The molecule has 0 bridgehead atoms. The summed E-state index contributed by atoms with van der Waals surface area (Å²) >= 11 is 0.999. The summed E-state index contributed by atoms with van der Waals surface area (Å²) in [4.78, 5) is 43.0. The lowest BCUT2D eigenvalue weighted by atomic mass is 10.1. The number of rotatable bonds is 8. The lowest BCUT2D eigenvalue weighted by Gasteiger charge is -2.31. The molecule has 0 saturated carbocycles. The van der Waals surface area contributed by atoms with Crippen molar-refractivity contribution in [2.75, 3.05) is 36.8 Å². The number of hydrogen-bond acceptors (Lipinski definition) is 8. The van der Waals surface area contributed by atoms with Crippen molar-refractivity contribution in [2.24, 2.45) is 0 Å². The second-order valence-corrected chi connectivity index (χ2v) is 9.11. The molecule has 36 heavy (non-hydrogen) atoms. The quantitative estimate of drug-likeness (QED) is 0.467. The van der Waals surface area contributed by atoms with Crippen LogP contribution in [0.2, 0.25) is 0 Å². The van der Waals surface area contributed by atoms with Crippen LogP contribution in [-0.2, 0) is 16.1 Å². The molecule has 2 aromatic rings. The Kier molecular flexibility index (Phi) is 8.89. The zero-order chi connectivity index (χ0) is 26.3. The Hall–Kier alpha value is -3.63. The van der Waals surface area contributed by atoms with Crippen LogP contribution in [0.3, 0.4) is 0 Å². The van der Waals surface area contributed by atoms with Gasteiger partial charge in [0.2, 0.25) is 5.91 Å². The lowest BCUT2D eigenvalue weighted by Crippen LogP contribution is -2.45. The standard InChI is InChI=1S/C23H27F2N7O3S/c1-3-27-20(34)15(11-26)22-32(4-2)21(35)16(36-22)12-28-17-7-5-8-18(29-17)30-19(33)13-31-10-6-9-23(24,25)14-31/h5,7-8,12H,3-4,6,9-10,13-14H2,1-2H3,(H,27,34)(H2,28,29,30,33). The number of nitriles is 1. The second kappa shape index (κ2) is 11.9. The molecular weight excluding hydrogens is 492 g/mol. The molecule has 1 saturated heterocycles. The molecule has 3 N–H and O–H groups in total. The van der Waals surface area contributed by atoms with E-state index in [4.69, 9.17) is 0 Å². The van der Waals surface area contributed by atoms with Crippen molar-refractivity contribution in [1.29, 1.82) is 5.26 Å². The largest absolute Gasteiger partial charge is 0.352 e. The van der Waals surface area contributed by atoms with Crippen molar-refractivity contribution in [3.8, 4) is 6.07 Å². The van der Waals surface area contributed by atoms with E-state index < -0.39 is 24.3 Å². The zero-order valence-electron chi connectivity index (χ0n) is 19.9. The highest BCUT2D eigenvalue weighted by atomic mass is 32.1. The predicted octanol–water partition coefficient (Wildman–Crippen LogP) is 0.655. The van der Waals surface area contributed by atoms with Crippen LogP contribution in [0.5, 0.6) is 0 Å². The molecule has 0 atom stereocenters. The summed E-state index contributed by atoms with van der Waals surface area (Å²) in [5.41, 5.74) is -0.514. The SMILES string of the molecule is CCNC(=O)C(C#N)=c1sc(=CNc2cccc(NC(=O)CN3CCCC(F)(F)C3)n2)c(=O)n1CC. The van der Waals surface area contributed by atoms with Crippen LogP contribution in [0.4, 0.5) is 20.4 Å². The molecule has 0 unspecified atom stereocenters. The van der Waals surface area contributed by atoms with Crippen molar-refractivity contribution in [3.05, 3.63) is 37.7 Å². The van der Waals surface area contributed by atoms with Crippen molar-refractivity contribution in [2.45, 2.75) is 39.2 Å². The maximum Gasteiger partial charge on any atom is 0.270 e. The smallest absolute Gasteiger partial charge is 0.270 e. The summed E-state index contributed by atoms with van der Waals surface area (Å²) in [6, 6.07) is 6.68. The Labute approximate surface area is 209 Å². The molecule has 13 heteroatoms. The predicted molar refractivity (Wildman–Crippen MR) is 133 cm³/mol. The van der Waals surface area contributed by atoms with E-state index in [1.807, 2.05) is 6.07 Å². The fourth-order valence-electron chi connectivity index (χ4n) is 3.73. The van der Waals surface area contributed by atoms with Gasteiger partial charge in [0.15, 0.2) is 5.57 Å². The minimum Gasteiger partial charge on any atom is -0.352 e. The molecule has 1 aliphatic rings. The van der Waals surface area contributed by atoms with E-state index >= 15 is 0 Å². The van der Waals surface area contributed by atoms with Crippen LogP contribution in [0, 0.1) is 11.3 Å². The molecule has 1 fully saturated rings. The molecule has 0 aliphatic carbocycles. The number of thiazole rings is 1. The number of halogens is 2. The Morgan fingerprint density at radius 1 is 1.31 bits per heavy atom. The first-order chi connectivity index (χ1) is 17.2. The molecule has 2 aromatic heterocycles. The van der Waals surface area contributed by atoms with E-state index in [0.717, 1.165) is 11.3 Å². The second-order valence-electron chi connectivity index (χ2n) is 8.08. The third kappa shape index (κ3) is 6.73. The van der Waals surface area contributed by atoms with Gasteiger partial charge in [0.1, 0.15) is 26.9 Å². The average Bonchev–Trinajstić information content (AvgIpc) is 3.12. The molecule has 0 radical (unpaired) electrons. The van der Waals surface area contributed by atoms with Gasteiger partial charge in [-0.15, -0.1) is 11.3 Å². The van der Waals surface area contributed by atoms with Gasteiger partial charge in [-0.25, -0.2) is 13.8 Å². The number of nitrogens with zero attached hydrogens (tertiary/aromatic N) is 4. The molecule has 0 aromatic carbocycles. The van der Waals surface area contributed by atoms with E-state index in [2.05, 4.69) is 20.9 Å². The summed E-state index contributed by atoms with van der Waals surface area (Å²) < 4.78 is 29.0. The number of anilines is 2. The van der Waals surface area contributed by atoms with E-state index in [1.165, 1.54) is 15.7 Å². The summed E-state index contributed by atoms with van der Waals surface area (Å²) in [5, 5.41) is 17.5. The third-order valence-corrected chi connectivity index (χ3v) is 6.45. The van der Waals surface area contributed by atoms with E-state index in [-0.39, 0.29) is 45.7 Å². The molecule has 10 nitrogen and oxygen atoms in total. The highest BCUT2D eigenvalue weighted by molar-refractivity contribution is 7.07. The fraction of sp³-hybridized carbons (Fsp3) is 0.435. The molecule has 2 amide bonds. The monoisotopic (exact) mass is 519 g/mol. The van der Waals surface area contributed by atoms with Crippen LogP contribution in [0.15, 0.2) is 23.0 Å². The van der Waals surface area contributed by atoms with Gasteiger partial charge in [-0.3, -0.25) is 23.9 Å². The van der Waals surface area contributed by atoms with Gasteiger partial charge in [-0.05, 0) is 38.9 Å². The fourth-order valence-corrected chi connectivity index (χ4v) is 4.81. The number of piperidine rings is 1. The molecule has 192 valence electrons. The molecule has 0 spiro atoms. The van der Waals surface area contributed by atoms with E-state index in [1.54, 1.807) is 32.0 Å². The van der Waals surface area contributed by atoms with Gasteiger partial charge < -0.3 is 16.0 Å². The number of pyridine rings is 1. The summed E-state index contributed by atoms with van der Waals surface area (Å²) in [5.74, 6) is -3.26. The third-order valence-electron chi connectivity index (χ3n) is 5.32. The van der Waals surface area contributed by atoms with Gasteiger partial charge >= 0.3 is 0 Å². The van der Waals surface area contributed by atoms with Gasteiger partial charge in [0, 0.05) is 25.7 Å². The summed E-state index contributed by atoms with van der Waals surface area (Å²) in [6.45, 7) is 3.89. The van der Waals surface area contributed by atoms with Crippen LogP contribution in [0.25, 0.3) is 11.8 Å². The first-order valence-electron chi connectivity index (χ1n) is 11.4. The summed E-state index contributed by atoms with van der Waals surface area (Å²) in [6.07, 6.45) is 1.57. The number of likely N-dealkylation sites (tertiary alicyclic amines) is 1. The lowest BCUT2D eigenvalue weighted by molar-refractivity contribution is -0.120. The Morgan fingerprint density at radius 3 is 2.72 bits per heavy atom. The Morgan fingerprint density at radius 2 is 2.06 bits per heavy atom. The van der Waals surface area contributed by atoms with Crippen LogP contribution in [-0.4, -0.2) is 58.4 Å². The molecular formula is C23H27F2N7O3S. The highest BCUT2D eigenvalue weighted by Crippen LogP contribution is 2.26. The van der Waals surface area contributed by atoms with E-state index in [9.17, 15) is 28.4 Å². The minimum atomic E-state index is -2.79. The topological polar surface area (TPSA) is 132 Å². The number of alkyl halides is 2. The molecule has 1 aliphatic heterocycles. The number of amides is 2. The first-order valence-corrected chi connectivity index (χ1v) is 12.2. The number of hydrogen-bond donors (Lipinski definition) is 3. The Bertz CT molecular complexity index is 1350. The van der Waals surface area contributed by atoms with Gasteiger partial charge in [0.05, 0.1) is 13.1 Å². The zero-order valence-corrected chi connectivity index (χ0v) is 20.8. The molecule has 3 heterocycles. The number of aromatic nitrogens is 2. The van der Waals surface area contributed by atoms with Crippen LogP contribution in [0.1, 0.15) is 26.7 Å². The average molecular weight is 520 g/mol. The number of carbonyl (C=O) groups excluding carboxylic acids is 2. The molecule has 3 rings (SSSR count). The van der Waals surface area contributed by atoms with Crippen molar-refractivity contribution in [1.82, 2.24) is 19.8 Å². The van der Waals surface area contributed by atoms with E-state index in [0.29, 0.717) is 25.3 Å². The van der Waals surface area contributed by atoms with Gasteiger partial charge in [-0.2, -0.15) is 5.26 Å². The van der Waals surface area contributed by atoms with Crippen LogP contribution >= 0.6 is 11.3 Å². The van der Waals surface area contributed by atoms with Gasteiger partial charge in [0.25, 0.3) is 17.4 Å². The van der Waals surface area contributed by atoms with Crippen molar-refractivity contribution in [3.63, 3.8) is 0 Å². The number of carbonyl (C=O) groups is 2. The van der Waals surface area contributed by atoms with Gasteiger partial charge in [-0.1, -0.05) is 6.07 Å². The summed E-state index contributed by atoms with van der Waals surface area (Å²) in [7, 11) is 0. The first kappa shape index (κ1) is 27.0. The maximum absolute atomic E-state index is 13.6. The minimum absolute atomic E-state index is 0.144. The van der Waals surface area contributed by atoms with Crippen molar-refractivity contribution >= 4 is 46.6 Å². The number of nitrogens with one attached hydrogen (secondary N) is 3. The van der Waals surface area contributed by atoms with Crippen LogP contribution < -0.4 is 30.7 Å².